The van der Waals surface area contributed by atoms with Crippen molar-refractivity contribution in [3.05, 3.63) is 47.8 Å². The molecule has 1 aromatic carbocycles. The fourth-order valence-corrected chi connectivity index (χ4v) is 5.66. The molecule has 3 N–H and O–H groups in total. The van der Waals surface area contributed by atoms with Crippen LogP contribution in [0.3, 0.4) is 0 Å². The molecule has 5 rings (SSSR count). The van der Waals surface area contributed by atoms with E-state index in [1.165, 1.54) is 16.5 Å². The molecule has 3 aromatic heterocycles. The Balaban J connectivity index is 1.30. The van der Waals surface area contributed by atoms with Crippen LogP contribution in [0.2, 0.25) is 0 Å². The maximum Gasteiger partial charge on any atom is 0.236 e. The van der Waals surface area contributed by atoms with E-state index in [2.05, 4.69) is 82.6 Å². The second-order valence-electron chi connectivity index (χ2n) is 10.9. The van der Waals surface area contributed by atoms with Gasteiger partial charge in [0.1, 0.15) is 0 Å². The standard InChI is InChI=1S/C29H39N7O/c1-19(2)27-23-16-21(20-9-14-36(15-10-20)26(37)18-30-11-5-13-35(3)4)6-7-25(23)33-28(27)22-8-12-31-29-24(22)17-32-34-29/h6-8,12,16-17,19-20,30,33H,5,9-11,13-15,18H2,1-4H3,(H,31,32,34). The highest BCUT2D eigenvalue weighted by Gasteiger charge is 2.25. The van der Waals surface area contributed by atoms with E-state index in [0.717, 1.165) is 73.2 Å². The number of piperidine rings is 1. The summed E-state index contributed by atoms with van der Waals surface area (Å²) in [6, 6.07) is 8.94. The Morgan fingerprint density at radius 2 is 2.00 bits per heavy atom. The molecule has 1 aliphatic rings. The third kappa shape index (κ3) is 5.40. The topological polar surface area (TPSA) is 92.9 Å². The van der Waals surface area contributed by atoms with Crippen molar-refractivity contribution in [3.63, 3.8) is 0 Å². The van der Waals surface area contributed by atoms with Crippen LogP contribution in [-0.4, -0.2) is 82.7 Å². The molecule has 0 saturated carbocycles. The number of carbonyl (C=O) groups is 1. The van der Waals surface area contributed by atoms with Gasteiger partial charge in [-0.05, 0) is 87.6 Å². The summed E-state index contributed by atoms with van der Waals surface area (Å²) in [7, 11) is 4.15. The number of hydrogen-bond acceptors (Lipinski definition) is 5. The Morgan fingerprint density at radius 1 is 1.19 bits per heavy atom. The summed E-state index contributed by atoms with van der Waals surface area (Å²) in [4.78, 5) is 25.0. The predicted octanol–water partition coefficient (Wildman–Crippen LogP) is 4.48. The van der Waals surface area contributed by atoms with E-state index in [1.807, 2.05) is 17.3 Å². The first-order valence-corrected chi connectivity index (χ1v) is 13.5. The highest BCUT2D eigenvalue weighted by Crippen LogP contribution is 2.39. The van der Waals surface area contributed by atoms with Gasteiger partial charge < -0.3 is 20.1 Å². The van der Waals surface area contributed by atoms with Crippen LogP contribution in [0.25, 0.3) is 33.2 Å². The number of fused-ring (bicyclic) bond motifs is 2. The molecule has 37 heavy (non-hydrogen) atoms. The van der Waals surface area contributed by atoms with Crippen LogP contribution in [0.5, 0.6) is 0 Å². The molecule has 1 saturated heterocycles. The van der Waals surface area contributed by atoms with Crippen molar-refractivity contribution in [2.75, 3.05) is 46.8 Å². The molecular weight excluding hydrogens is 462 g/mol. The van der Waals surface area contributed by atoms with Gasteiger partial charge >= 0.3 is 0 Å². The van der Waals surface area contributed by atoms with Crippen LogP contribution in [-0.2, 0) is 4.79 Å². The predicted molar refractivity (Wildman–Crippen MR) is 150 cm³/mol. The minimum atomic E-state index is 0.221. The Labute approximate surface area is 218 Å². The summed E-state index contributed by atoms with van der Waals surface area (Å²) in [5.74, 6) is 1.05. The van der Waals surface area contributed by atoms with Crippen LogP contribution < -0.4 is 5.32 Å². The molecule has 0 spiro atoms. The molecule has 0 bridgehead atoms. The van der Waals surface area contributed by atoms with E-state index in [9.17, 15) is 4.79 Å². The van der Waals surface area contributed by atoms with Crippen LogP contribution in [0.15, 0.2) is 36.7 Å². The van der Waals surface area contributed by atoms with Gasteiger partial charge in [0.05, 0.1) is 18.4 Å². The minimum Gasteiger partial charge on any atom is -0.354 e. The Bertz CT molecular complexity index is 1360. The van der Waals surface area contributed by atoms with Gasteiger partial charge in [0.15, 0.2) is 5.65 Å². The third-order valence-electron chi connectivity index (χ3n) is 7.62. The second kappa shape index (κ2) is 11.0. The molecule has 4 aromatic rings. The van der Waals surface area contributed by atoms with Gasteiger partial charge in [0.25, 0.3) is 0 Å². The van der Waals surface area contributed by atoms with Crippen LogP contribution >= 0.6 is 0 Å². The summed E-state index contributed by atoms with van der Waals surface area (Å²) in [6.45, 7) is 8.51. The highest BCUT2D eigenvalue weighted by molar-refractivity contribution is 5.98. The van der Waals surface area contributed by atoms with E-state index in [1.54, 1.807) is 0 Å². The SMILES string of the molecule is CC(C)c1c(-c2ccnc3[nH]ncc23)[nH]c2ccc(C3CCN(C(=O)CNCCCN(C)C)CC3)cc12. The summed E-state index contributed by atoms with van der Waals surface area (Å²) < 4.78 is 0. The van der Waals surface area contributed by atoms with Gasteiger partial charge in [-0.25, -0.2) is 4.98 Å². The van der Waals surface area contributed by atoms with Gasteiger partial charge in [0, 0.05) is 41.1 Å². The molecule has 1 fully saturated rings. The average molecular weight is 502 g/mol. The number of amides is 1. The zero-order chi connectivity index (χ0) is 25.9. The summed E-state index contributed by atoms with van der Waals surface area (Å²) in [5.41, 5.74) is 6.94. The largest absolute Gasteiger partial charge is 0.354 e. The van der Waals surface area contributed by atoms with Gasteiger partial charge in [-0.15, -0.1) is 0 Å². The minimum absolute atomic E-state index is 0.221. The lowest BCUT2D eigenvalue weighted by Gasteiger charge is -2.32. The first-order valence-electron chi connectivity index (χ1n) is 13.5. The number of H-pyrrole nitrogens is 2. The molecule has 1 amide bonds. The van der Waals surface area contributed by atoms with Gasteiger partial charge in [-0.1, -0.05) is 19.9 Å². The first-order chi connectivity index (χ1) is 17.9. The number of pyridine rings is 1. The van der Waals surface area contributed by atoms with E-state index >= 15 is 0 Å². The van der Waals surface area contributed by atoms with Gasteiger partial charge in [-0.3, -0.25) is 9.89 Å². The third-order valence-corrected chi connectivity index (χ3v) is 7.62. The first kappa shape index (κ1) is 25.4. The summed E-state index contributed by atoms with van der Waals surface area (Å²) in [5, 5.41) is 12.8. The van der Waals surface area contributed by atoms with Crippen LogP contribution in [0.1, 0.15) is 56.1 Å². The van der Waals surface area contributed by atoms with Gasteiger partial charge in [0.2, 0.25) is 5.91 Å². The average Bonchev–Trinajstić information content (AvgIpc) is 3.52. The lowest BCUT2D eigenvalue weighted by molar-refractivity contribution is -0.131. The van der Waals surface area contributed by atoms with Crippen LogP contribution in [0.4, 0.5) is 0 Å². The molecule has 8 nitrogen and oxygen atoms in total. The molecule has 0 aliphatic carbocycles. The lowest BCUT2D eigenvalue weighted by Crippen LogP contribution is -2.42. The monoisotopic (exact) mass is 501 g/mol. The Kier molecular flexibility index (Phi) is 7.58. The van der Waals surface area contributed by atoms with Crippen molar-refractivity contribution in [1.82, 2.24) is 35.3 Å². The van der Waals surface area contributed by atoms with E-state index in [0.29, 0.717) is 18.4 Å². The number of rotatable bonds is 9. The maximum atomic E-state index is 12.7. The zero-order valence-corrected chi connectivity index (χ0v) is 22.5. The van der Waals surface area contributed by atoms with Crippen molar-refractivity contribution >= 4 is 27.8 Å². The zero-order valence-electron chi connectivity index (χ0n) is 22.5. The number of nitrogens with one attached hydrogen (secondary N) is 3. The quantitative estimate of drug-likeness (QED) is 0.294. The van der Waals surface area contributed by atoms with Crippen molar-refractivity contribution in [1.29, 1.82) is 0 Å². The Hall–Kier alpha value is -3.23. The van der Waals surface area contributed by atoms with Crippen molar-refractivity contribution in [3.8, 4) is 11.3 Å². The number of nitrogens with zero attached hydrogens (tertiary/aromatic N) is 4. The van der Waals surface area contributed by atoms with E-state index < -0.39 is 0 Å². The van der Waals surface area contributed by atoms with E-state index in [-0.39, 0.29) is 5.91 Å². The molecule has 0 radical (unpaired) electrons. The van der Waals surface area contributed by atoms with Gasteiger partial charge in [-0.2, -0.15) is 5.10 Å². The smallest absolute Gasteiger partial charge is 0.236 e. The second-order valence-corrected chi connectivity index (χ2v) is 10.9. The number of hydrogen-bond donors (Lipinski definition) is 3. The number of likely N-dealkylation sites (tertiary alicyclic amines) is 1. The highest BCUT2D eigenvalue weighted by atomic mass is 16.2. The van der Waals surface area contributed by atoms with Crippen molar-refractivity contribution < 1.29 is 4.79 Å². The number of carbonyl (C=O) groups excluding carboxylic acids is 1. The molecule has 0 unspecified atom stereocenters. The number of aromatic nitrogens is 4. The molecule has 8 heteroatoms. The van der Waals surface area contributed by atoms with Crippen molar-refractivity contribution in [2.24, 2.45) is 0 Å². The lowest BCUT2D eigenvalue weighted by atomic mass is 9.87. The van der Waals surface area contributed by atoms with Crippen molar-refractivity contribution in [2.45, 2.75) is 44.9 Å². The Morgan fingerprint density at radius 3 is 2.76 bits per heavy atom. The maximum absolute atomic E-state index is 12.7. The number of benzene rings is 1. The summed E-state index contributed by atoms with van der Waals surface area (Å²) in [6.07, 6.45) is 6.76. The molecule has 4 heterocycles. The van der Waals surface area contributed by atoms with E-state index in [4.69, 9.17) is 0 Å². The molecule has 1 aliphatic heterocycles. The fraction of sp³-hybridized carbons (Fsp3) is 0.483. The number of aromatic amines is 2. The summed E-state index contributed by atoms with van der Waals surface area (Å²) >= 11 is 0. The molecule has 0 atom stereocenters. The molecule has 196 valence electrons. The molecular formula is C29H39N7O. The van der Waals surface area contributed by atoms with Crippen LogP contribution in [0, 0.1) is 0 Å². The normalized spacial score (nSPS) is 15.0. The fourth-order valence-electron chi connectivity index (χ4n) is 5.66.